The quantitative estimate of drug-likeness (QED) is 0.846. The molecule has 102 valence electrons. The lowest BCUT2D eigenvalue weighted by Gasteiger charge is -2.17. The van der Waals surface area contributed by atoms with Crippen LogP contribution in [-0.2, 0) is 9.53 Å². The number of ether oxygens (including phenoxy) is 1. The van der Waals surface area contributed by atoms with Gasteiger partial charge in [-0.2, -0.15) is 0 Å². The summed E-state index contributed by atoms with van der Waals surface area (Å²) in [6.45, 7) is 1.60. The Kier molecular flexibility index (Phi) is 4.55. The number of carbonyl (C=O) groups is 2. The molecule has 1 aliphatic rings. The van der Waals surface area contributed by atoms with Crippen molar-refractivity contribution in [2.75, 3.05) is 0 Å². The van der Waals surface area contributed by atoms with Crippen LogP contribution < -0.4 is 5.32 Å². The first-order chi connectivity index (χ1) is 9.16. The molecule has 1 N–H and O–H groups in total. The van der Waals surface area contributed by atoms with Crippen molar-refractivity contribution < 1.29 is 14.3 Å². The van der Waals surface area contributed by atoms with E-state index in [1.165, 1.54) is 0 Å². The van der Waals surface area contributed by atoms with E-state index >= 15 is 0 Å². The van der Waals surface area contributed by atoms with Crippen LogP contribution in [0.25, 0.3) is 0 Å². The molecular weight excluding hydrogens is 242 g/mol. The number of hydrogen-bond donors (Lipinski definition) is 1. The highest BCUT2D eigenvalue weighted by molar-refractivity contribution is 5.92. The molecule has 0 aliphatic heterocycles. The van der Waals surface area contributed by atoms with Crippen molar-refractivity contribution >= 4 is 11.9 Å². The minimum atomic E-state index is -0.756. The number of carbonyl (C=O) groups excluding carboxylic acids is 2. The van der Waals surface area contributed by atoms with Crippen LogP contribution in [0.4, 0.5) is 0 Å². The second-order valence-electron chi connectivity index (χ2n) is 4.90. The summed E-state index contributed by atoms with van der Waals surface area (Å²) in [5.74, 6) is -0.675. The maximum absolute atomic E-state index is 11.9. The molecule has 0 saturated heterocycles. The van der Waals surface area contributed by atoms with Crippen LogP contribution >= 0.6 is 0 Å². The highest BCUT2D eigenvalue weighted by atomic mass is 16.5. The van der Waals surface area contributed by atoms with E-state index in [-0.39, 0.29) is 11.9 Å². The first-order valence-corrected chi connectivity index (χ1v) is 6.73. The molecule has 1 aromatic carbocycles. The van der Waals surface area contributed by atoms with Crippen LogP contribution in [0, 0.1) is 0 Å². The van der Waals surface area contributed by atoms with Crippen LogP contribution in [0.1, 0.15) is 43.0 Å². The van der Waals surface area contributed by atoms with Gasteiger partial charge in [-0.25, -0.2) is 4.79 Å². The largest absolute Gasteiger partial charge is 0.449 e. The van der Waals surface area contributed by atoms with Crippen molar-refractivity contribution in [2.45, 2.75) is 44.8 Å². The molecule has 1 aromatic rings. The maximum atomic E-state index is 11.9. The summed E-state index contributed by atoms with van der Waals surface area (Å²) < 4.78 is 5.16. The van der Waals surface area contributed by atoms with Gasteiger partial charge in [0.25, 0.3) is 5.91 Å². The van der Waals surface area contributed by atoms with Gasteiger partial charge in [-0.15, -0.1) is 0 Å². The molecule has 19 heavy (non-hydrogen) atoms. The lowest BCUT2D eigenvalue weighted by molar-refractivity contribution is -0.129. The van der Waals surface area contributed by atoms with E-state index in [2.05, 4.69) is 5.32 Å². The lowest BCUT2D eigenvalue weighted by Crippen LogP contribution is -2.40. The molecule has 0 heterocycles. The zero-order chi connectivity index (χ0) is 13.7. The van der Waals surface area contributed by atoms with Gasteiger partial charge in [0.1, 0.15) is 0 Å². The van der Waals surface area contributed by atoms with Gasteiger partial charge in [-0.05, 0) is 31.9 Å². The van der Waals surface area contributed by atoms with E-state index in [9.17, 15) is 9.59 Å². The third-order valence-corrected chi connectivity index (χ3v) is 3.36. The predicted octanol–water partition coefficient (Wildman–Crippen LogP) is 2.29. The molecule has 4 nitrogen and oxygen atoms in total. The molecule has 1 aliphatic carbocycles. The van der Waals surface area contributed by atoms with E-state index in [1.807, 2.05) is 6.07 Å². The Balaban J connectivity index is 1.84. The van der Waals surface area contributed by atoms with Gasteiger partial charge in [0.2, 0.25) is 0 Å². The van der Waals surface area contributed by atoms with Crippen molar-refractivity contribution in [3.8, 4) is 0 Å². The molecular formula is C15H19NO3. The van der Waals surface area contributed by atoms with Crippen LogP contribution in [0.5, 0.6) is 0 Å². The smallest absolute Gasteiger partial charge is 0.338 e. The molecule has 4 heteroatoms. The van der Waals surface area contributed by atoms with Crippen molar-refractivity contribution in [1.82, 2.24) is 5.32 Å². The summed E-state index contributed by atoms with van der Waals surface area (Å²) in [5, 5.41) is 2.92. The van der Waals surface area contributed by atoms with Crippen molar-refractivity contribution in [2.24, 2.45) is 0 Å². The van der Waals surface area contributed by atoms with Gasteiger partial charge in [0.15, 0.2) is 6.10 Å². The third-order valence-electron chi connectivity index (χ3n) is 3.36. The molecule has 2 rings (SSSR count). The number of esters is 1. The predicted molar refractivity (Wildman–Crippen MR) is 71.7 cm³/mol. The van der Waals surface area contributed by atoms with Crippen molar-refractivity contribution in [3.05, 3.63) is 35.9 Å². The van der Waals surface area contributed by atoms with Crippen molar-refractivity contribution in [1.29, 1.82) is 0 Å². The third kappa shape index (κ3) is 3.81. The number of hydrogen-bond acceptors (Lipinski definition) is 3. The maximum Gasteiger partial charge on any atom is 0.338 e. The van der Waals surface area contributed by atoms with E-state index in [4.69, 9.17) is 4.74 Å². The van der Waals surface area contributed by atoms with E-state index in [1.54, 1.807) is 31.2 Å². The fourth-order valence-corrected chi connectivity index (χ4v) is 2.25. The number of nitrogens with one attached hydrogen (secondary N) is 1. The number of benzene rings is 1. The fraction of sp³-hybridized carbons (Fsp3) is 0.467. The molecule has 0 unspecified atom stereocenters. The highest BCUT2D eigenvalue weighted by Gasteiger charge is 2.23. The average Bonchev–Trinajstić information content (AvgIpc) is 2.92. The summed E-state index contributed by atoms with van der Waals surface area (Å²) in [6.07, 6.45) is 3.59. The molecule has 0 radical (unpaired) electrons. The Morgan fingerprint density at radius 2 is 1.84 bits per heavy atom. The van der Waals surface area contributed by atoms with Crippen LogP contribution in [0.3, 0.4) is 0 Å². The van der Waals surface area contributed by atoms with E-state index < -0.39 is 12.1 Å². The lowest BCUT2D eigenvalue weighted by atomic mass is 10.2. The Labute approximate surface area is 113 Å². The fourth-order valence-electron chi connectivity index (χ4n) is 2.25. The first kappa shape index (κ1) is 13.6. The van der Waals surface area contributed by atoms with Gasteiger partial charge in [-0.3, -0.25) is 4.79 Å². The van der Waals surface area contributed by atoms with Crippen LogP contribution in [0.15, 0.2) is 30.3 Å². The van der Waals surface area contributed by atoms with Gasteiger partial charge in [0.05, 0.1) is 5.56 Å². The Bertz CT molecular complexity index is 438. The number of rotatable bonds is 4. The zero-order valence-corrected chi connectivity index (χ0v) is 11.1. The van der Waals surface area contributed by atoms with Crippen molar-refractivity contribution in [3.63, 3.8) is 0 Å². The zero-order valence-electron chi connectivity index (χ0n) is 11.1. The van der Waals surface area contributed by atoms with Crippen LogP contribution in [-0.4, -0.2) is 24.0 Å². The second-order valence-corrected chi connectivity index (χ2v) is 4.90. The highest BCUT2D eigenvalue weighted by Crippen LogP contribution is 2.17. The summed E-state index contributed by atoms with van der Waals surface area (Å²) in [6, 6.07) is 8.94. The average molecular weight is 261 g/mol. The summed E-state index contributed by atoms with van der Waals surface area (Å²) in [5.41, 5.74) is 0.461. The molecule has 0 aromatic heterocycles. The number of amides is 1. The molecule has 1 amide bonds. The van der Waals surface area contributed by atoms with Gasteiger partial charge < -0.3 is 10.1 Å². The van der Waals surface area contributed by atoms with Crippen LogP contribution in [0.2, 0.25) is 0 Å². The van der Waals surface area contributed by atoms with Gasteiger partial charge in [0, 0.05) is 6.04 Å². The standard InChI is InChI=1S/C15H19NO3/c1-11(14(17)16-13-9-5-6-10-13)19-15(18)12-7-3-2-4-8-12/h2-4,7-8,11,13H,5-6,9-10H2,1H3,(H,16,17)/t11-/m1/s1. The molecule has 1 atom stereocenters. The molecule has 1 fully saturated rings. The molecule has 0 spiro atoms. The molecule has 0 bridgehead atoms. The van der Waals surface area contributed by atoms with E-state index in [0.717, 1.165) is 25.7 Å². The Hall–Kier alpha value is -1.84. The minimum Gasteiger partial charge on any atom is -0.449 e. The molecule has 1 saturated carbocycles. The second kappa shape index (κ2) is 6.36. The first-order valence-electron chi connectivity index (χ1n) is 6.73. The summed E-state index contributed by atoms with van der Waals surface area (Å²) in [4.78, 5) is 23.7. The SMILES string of the molecule is C[C@@H](OC(=O)c1ccccc1)C(=O)NC1CCCC1. The monoisotopic (exact) mass is 261 g/mol. The van der Waals surface area contributed by atoms with Gasteiger partial charge >= 0.3 is 5.97 Å². The summed E-state index contributed by atoms with van der Waals surface area (Å²) >= 11 is 0. The summed E-state index contributed by atoms with van der Waals surface area (Å²) in [7, 11) is 0. The normalized spacial score (nSPS) is 16.9. The van der Waals surface area contributed by atoms with E-state index in [0.29, 0.717) is 5.56 Å². The minimum absolute atomic E-state index is 0.212. The topological polar surface area (TPSA) is 55.4 Å². The Morgan fingerprint density at radius 1 is 1.21 bits per heavy atom. The van der Waals surface area contributed by atoms with Gasteiger partial charge in [-0.1, -0.05) is 31.0 Å². The Morgan fingerprint density at radius 3 is 2.47 bits per heavy atom.